The zero-order valence-corrected chi connectivity index (χ0v) is 18.2. The second kappa shape index (κ2) is 12.6. The van der Waals surface area contributed by atoms with E-state index in [-0.39, 0.29) is 0 Å². The predicted molar refractivity (Wildman–Crippen MR) is 115 cm³/mol. The van der Waals surface area contributed by atoms with Crippen molar-refractivity contribution in [3.63, 3.8) is 0 Å². The van der Waals surface area contributed by atoms with Gasteiger partial charge < -0.3 is 25.2 Å². The summed E-state index contributed by atoms with van der Waals surface area (Å²) in [7, 11) is 1.88. The fourth-order valence-electron chi connectivity index (χ4n) is 4.09. The topological polar surface area (TPSA) is 52.1 Å². The van der Waals surface area contributed by atoms with Crippen LogP contribution in [0.3, 0.4) is 0 Å². The third-order valence-corrected chi connectivity index (χ3v) is 6.01. The highest BCUT2D eigenvalue weighted by atomic mass is 16.5. The molecule has 0 aromatic rings. The van der Waals surface area contributed by atoms with Crippen LogP contribution in [0.4, 0.5) is 0 Å². The Morgan fingerprint density at radius 1 is 1.07 bits per heavy atom. The Morgan fingerprint density at radius 3 is 2.33 bits per heavy atom. The smallest absolute Gasteiger partial charge is 0.191 e. The average molecular weight is 382 g/mol. The largest absolute Gasteiger partial charge is 0.377 e. The molecule has 2 saturated heterocycles. The summed E-state index contributed by atoms with van der Waals surface area (Å²) in [6.45, 7) is 15.4. The number of aliphatic imine (C=N–C) groups is 1. The van der Waals surface area contributed by atoms with Gasteiger partial charge in [0.2, 0.25) is 0 Å². The van der Waals surface area contributed by atoms with Crippen molar-refractivity contribution in [1.82, 2.24) is 20.4 Å². The van der Waals surface area contributed by atoms with E-state index in [0.29, 0.717) is 12.1 Å². The van der Waals surface area contributed by atoms with Gasteiger partial charge in [0, 0.05) is 39.3 Å². The van der Waals surface area contributed by atoms with E-state index >= 15 is 0 Å². The van der Waals surface area contributed by atoms with Gasteiger partial charge >= 0.3 is 0 Å². The number of ether oxygens (including phenoxy) is 1. The van der Waals surface area contributed by atoms with Gasteiger partial charge in [0.05, 0.1) is 12.7 Å². The van der Waals surface area contributed by atoms with Crippen LogP contribution in [0.15, 0.2) is 4.99 Å². The number of likely N-dealkylation sites (tertiary alicyclic amines) is 2. The van der Waals surface area contributed by atoms with Gasteiger partial charge in [0.25, 0.3) is 0 Å². The molecule has 2 aliphatic heterocycles. The molecule has 0 spiro atoms. The summed E-state index contributed by atoms with van der Waals surface area (Å²) in [5.74, 6) is 1.84. The monoisotopic (exact) mass is 381 g/mol. The molecule has 27 heavy (non-hydrogen) atoms. The number of nitrogens with zero attached hydrogens (tertiary/aromatic N) is 3. The summed E-state index contributed by atoms with van der Waals surface area (Å²) >= 11 is 0. The van der Waals surface area contributed by atoms with E-state index in [9.17, 15) is 0 Å². The molecule has 0 radical (unpaired) electrons. The molecule has 2 aliphatic rings. The van der Waals surface area contributed by atoms with Crippen LogP contribution in [-0.2, 0) is 4.74 Å². The van der Waals surface area contributed by atoms with E-state index in [2.05, 4.69) is 46.2 Å². The fraction of sp³-hybridized carbons (Fsp3) is 0.952. The van der Waals surface area contributed by atoms with E-state index in [4.69, 9.17) is 4.74 Å². The van der Waals surface area contributed by atoms with Gasteiger partial charge in [-0.25, -0.2) is 0 Å². The Morgan fingerprint density at radius 2 is 1.74 bits per heavy atom. The minimum absolute atomic E-state index is 0.331. The van der Waals surface area contributed by atoms with Crippen LogP contribution in [0.25, 0.3) is 0 Å². The van der Waals surface area contributed by atoms with Crippen molar-refractivity contribution in [2.75, 3.05) is 59.5 Å². The highest BCUT2D eigenvalue weighted by Crippen LogP contribution is 2.19. The SMILES string of the molecule is CCN1CCC(CCNC(=NC)NC2CCN(CCOC(C)C)CC2)CC1. The summed E-state index contributed by atoms with van der Waals surface area (Å²) in [5, 5.41) is 7.17. The Bertz CT molecular complexity index is 413. The molecule has 0 atom stereocenters. The molecule has 6 heteroatoms. The Kier molecular flexibility index (Phi) is 10.5. The van der Waals surface area contributed by atoms with Crippen LogP contribution in [0.1, 0.15) is 52.9 Å². The third-order valence-electron chi connectivity index (χ3n) is 6.01. The van der Waals surface area contributed by atoms with Gasteiger partial charge in [0.15, 0.2) is 5.96 Å². The van der Waals surface area contributed by atoms with Gasteiger partial charge in [-0.2, -0.15) is 0 Å². The van der Waals surface area contributed by atoms with Crippen molar-refractivity contribution in [2.24, 2.45) is 10.9 Å². The minimum Gasteiger partial charge on any atom is -0.377 e. The van der Waals surface area contributed by atoms with Crippen molar-refractivity contribution in [1.29, 1.82) is 0 Å². The first-order valence-corrected chi connectivity index (χ1v) is 11.1. The normalized spacial score (nSPS) is 21.7. The lowest BCUT2D eigenvalue weighted by atomic mass is 9.93. The molecule has 0 unspecified atom stereocenters. The van der Waals surface area contributed by atoms with E-state index in [1.54, 1.807) is 0 Å². The molecule has 2 fully saturated rings. The third kappa shape index (κ3) is 8.79. The first-order chi connectivity index (χ1) is 13.1. The number of piperidine rings is 2. The first-order valence-electron chi connectivity index (χ1n) is 11.1. The first kappa shape index (κ1) is 22.4. The van der Waals surface area contributed by atoms with Gasteiger partial charge in [-0.1, -0.05) is 6.92 Å². The molecule has 158 valence electrons. The standard InChI is InChI=1S/C21H43N5O/c1-5-25-12-7-19(8-13-25)6-11-23-21(22-4)24-20-9-14-26(15-10-20)16-17-27-18(2)3/h18-20H,5-17H2,1-4H3,(H2,22,23,24). The summed E-state index contributed by atoms with van der Waals surface area (Å²) in [4.78, 5) is 9.51. The van der Waals surface area contributed by atoms with Crippen LogP contribution in [0.5, 0.6) is 0 Å². The molecule has 0 aromatic heterocycles. The van der Waals surface area contributed by atoms with E-state index in [1.165, 1.54) is 51.7 Å². The molecule has 2 heterocycles. The fourth-order valence-corrected chi connectivity index (χ4v) is 4.09. The molecule has 0 bridgehead atoms. The van der Waals surface area contributed by atoms with Crippen LogP contribution in [-0.4, -0.2) is 87.4 Å². The molecule has 0 aliphatic carbocycles. The van der Waals surface area contributed by atoms with Crippen LogP contribution in [0.2, 0.25) is 0 Å². The van der Waals surface area contributed by atoms with Crippen LogP contribution in [0, 0.1) is 5.92 Å². The second-order valence-corrected chi connectivity index (χ2v) is 8.35. The number of rotatable bonds is 9. The van der Waals surface area contributed by atoms with Crippen molar-refractivity contribution in [3.8, 4) is 0 Å². The van der Waals surface area contributed by atoms with Gasteiger partial charge in [-0.3, -0.25) is 4.99 Å². The van der Waals surface area contributed by atoms with Crippen LogP contribution >= 0.6 is 0 Å². The summed E-state index contributed by atoms with van der Waals surface area (Å²) in [6.07, 6.45) is 6.64. The summed E-state index contributed by atoms with van der Waals surface area (Å²) in [6, 6.07) is 0.534. The molecular formula is C21H43N5O. The number of guanidine groups is 1. The summed E-state index contributed by atoms with van der Waals surface area (Å²) in [5.41, 5.74) is 0. The highest BCUT2D eigenvalue weighted by molar-refractivity contribution is 5.79. The van der Waals surface area contributed by atoms with E-state index in [0.717, 1.165) is 44.7 Å². The minimum atomic E-state index is 0.331. The van der Waals surface area contributed by atoms with Gasteiger partial charge in [-0.05, 0) is 71.5 Å². The molecule has 2 rings (SSSR count). The lowest BCUT2D eigenvalue weighted by Crippen LogP contribution is -2.49. The molecular weight excluding hydrogens is 338 g/mol. The molecule has 6 nitrogen and oxygen atoms in total. The van der Waals surface area contributed by atoms with Crippen molar-refractivity contribution in [2.45, 2.75) is 65.0 Å². The predicted octanol–water partition coefficient (Wildman–Crippen LogP) is 2.16. The zero-order chi connectivity index (χ0) is 19.5. The van der Waals surface area contributed by atoms with Crippen molar-refractivity contribution < 1.29 is 4.74 Å². The maximum absolute atomic E-state index is 5.67. The maximum atomic E-state index is 5.67. The van der Waals surface area contributed by atoms with Gasteiger partial charge in [0.1, 0.15) is 0 Å². The van der Waals surface area contributed by atoms with E-state index in [1.807, 2.05) is 7.05 Å². The molecule has 0 saturated carbocycles. The van der Waals surface area contributed by atoms with Gasteiger partial charge in [-0.15, -0.1) is 0 Å². The van der Waals surface area contributed by atoms with Crippen LogP contribution < -0.4 is 10.6 Å². The van der Waals surface area contributed by atoms with E-state index < -0.39 is 0 Å². The Hall–Kier alpha value is -0.850. The molecule has 0 aromatic carbocycles. The average Bonchev–Trinajstić information content (AvgIpc) is 2.68. The number of hydrogen-bond acceptors (Lipinski definition) is 4. The molecule has 0 amide bonds. The number of hydrogen-bond donors (Lipinski definition) is 2. The van der Waals surface area contributed by atoms with Crippen molar-refractivity contribution in [3.05, 3.63) is 0 Å². The highest BCUT2D eigenvalue weighted by Gasteiger charge is 2.20. The maximum Gasteiger partial charge on any atom is 0.191 e. The Labute approximate surface area is 167 Å². The second-order valence-electron chi connectivity index (χ2n) is 8.35. The number of nitrogens with one attached hydrogen (secondary N) is 2. The zero-order valence-electron chi connectivity index (χ0n) is 18.2. The molecule has 2 N–H and O–H groups in total. The Balaban J connectivity index is 1.56. The quantitative estimate of drug-likeness (QED) is 0.473. The summed E-state index contributed by atoms with van der Waals surface area (Å²) < 4.78 is 5.67. The lowest BCUT2D eigenvalue weighted by molar-refractivity contribution is 0.0532. The van der Waals surface area contributed by atoms with Crippen molar-refractivity contribution >= 4 is 5.96 Å². The lowest BCUT2D eigenvalue weighted by Gasteiger charge is -2.33.